The number of aromatic nitrogens is 1. The summed E-state index contributed by atoms with van der Waals surface area (Å²) in [6.45, 7) is 4.51. The standard InChI is InChI=1S/C29H30ClN3O4S/c1-18-24(16-33-12-13-37-17-23(33)26(34)20-6-4-3-5-7-20)38-29-25(18)27(35)22(15-32(29)2)28(36)31-14-19-8-10-21(30)11-9-19/h3-11,15,23,26,34H,12-14,16-17H2,1-2H3,(H,31,36)/t23-,26+/m1/s1. The van der Waals surface area contributed by atoms with Crippen molar-refractivity contribution in [3.63, 3.8) is 0 Å². The van der Waals surface area contributed by atoms with Crippen molar-refractivity contribution in [1.29, 1.82) is 0 Å². The molecule has 0 aliphatic carbocycles. The molecule has 5 rings (SSSR count). The number of nitrogens with zero attached hydrogens (tertiary/aromatic N) is 2. The van der Waals surface area contributed by atoms with Crippen molar-refractivity contribution in [1.82, 2.24) is 14.8 Å². The predicted octanol–water partition coefficient (Wildman–Crippen LogP) is 4.43. The van der Waals surface area contributed by atoms with E-state index in [1.54, 1.807) is 29.7 Å². The molecule has 1 aliphatic heterocycles. The number of fused-ring (bicyclic) bond motifs is 1. The molecule has 4 aromatic rings. The van der Waals surface area contributed by atoms with Gasteiger partial charge >= 0.3 is 0 Å². The Morgan fingerprint density at radius 1 is 1.21 bits per heavy atom. The van der Waals surface area contributed by atoms with E-state index in [9.17, 15) is 14.7 Å². The second-order valence-corrected chi connectivity index (χ2v) is 11.1. The normalized spacial score (nSPS) is 17.0. The molecule has 2 aromatic heterocycles. The summed E-state index contributed by atoms with van der Waals surface area (Å²) in [4.78, 5) is 30.6. The Bertz CT molecular complexity index is 1500. The van der Waals surface area contributed by atoms with Gasteiger partial charge in [0.15, 0.2) is 0 Å². The fraction of sp³-hybridized carbons (Fsp3) is 0.310. The molecule has 2 aromatic carbocycles. The molecule has 1 amide bonds. The number of aryl methyl sites for hydroxylation is 2. The smallest absolute Gasteiger partial charge is 0.257 e. The van der Waals surface area contributed by atoms with E-state index in [1.807, 2.05) is 61.0 Å². The van der Waals surface area contributed by atoms with E-state index < -0.39 is 12.0 Å². The number of amides is 1. The molecule has 1 saturated heterocycles. The lowest BCUT2D eigenvalue weighted by molar-refractivity contribution is -0.0629. The summed E-state index contributed by atoms with van der Waals surface area (Å²) in [5, 5.41) is 15.2. The summed E-state index contributed by atoms with van der Waals surface area (Å²) in [6, 6.07) is 16.6. The van der Waals surface area contributed by atoms with Crippen LogP contribution < -0.4 is 10.7 Å². The molecular weight excluding hydrogens is 522 g/mol. The molecule has 0 saturated carbocycles. The van der Waals surface area contributed by atoms with Gasteiger partial charge in [-0.3, -0.25) is 14.5 Å². The van der Waals surface area contributed by atoms with Crippen molar-refractivity contribution in [2.24, 2.45) is 7.05 Å². The van der Waals surface area contributed by atoms with E-state index in [0.29, 0.717) is 43.3 Å². The van der Waals surface area contributed by atoms with Crippen LogP contribution in [0.1, 0.15) is 38.0 Å². The zero-order valence-corrected chi connectivity index (χ0v) is 22.9. The maximum absolute atomic E-state index is 13.5. The first-order valence-electron chi connectivity index (χ1n) is 12.5. The maximum atomic E-state index is 13.5. The first-order valence-corrected chi connectivity index (χ1v) is 13.7. The Labute approximate surface area is 230 Å². The Morgan fingerprint density at radius 3 is 2.68 bits per heavy atom. The topological polar surface area (TPSA) is 83.8 Å². The fourth-order valence-corrected chi connectivity index (χ4v) is 6.29. The number of benzene rings is 2. The molecule has 1 aliphatic rings. The summed E-state index contributed by atoms with van der Waals surface area (Å²) in [6.07, 6.45) is 0.923. The van der Waals surface area contributed by atoms with Crippen molar-refractivity contribution in [2.75, 3.05) is 19.8 Å². The van der Waals surface area contributed by atoms with Gasteiger partial charge in [-0.25, -0.2) is 0 Å². The van der Waals surface area contributed by atoms with Crippen LogP contribution in [0.3, 0.4) is 0 Å². The lowest BCUT2D eigenvalue weighted by Crippen LogP contribution is -2.48. The van der Waals surface area contributed by atoms with Gasteiger partial charge in [-0.15, -0.1) is 11.3 Å². The van der Waals surface area contributed by atoms with E-state index in [0.717, 1.165) is 26.4 Å². The van der Waals surface area contributed by atoms with Crippen molar-refractivity contribution >= 4 is 39.1 Å². The van der Waals surface area contributed by atoms with Crippen LogP contribution in [-0.4, -0.2) is 46.3 Å². The minimum Gasteiger partial charge on any atom is -0.387 e. The number of ether oxygens (including phenoxy) is 1. The predicted molar refractivity (Wildman–Crippen MR) is 151 cm³/mol. The van der Waals surface area contributed by atoms with Gasteiger partial charge < -0.3 is 19.7 Å². The number of halogens is 1. The number of aliphatic hydroxyl groups excluding tert-OH is 1. The van der Waals surface area contributed by atoms with E-state index >= 15 is 0 Å². The van der Waals surface area contributed by atoms with E-state index in [2.05, 4.69) is 10.2 Å². The molecule has 198 valence electrons. The lowest BCUT2D eigenvalue weighted by Gasteiger charge is -2.38. The molecule has 0 unspecified atom stereocenters. The SMILES string of the molecule is Cc1c(CN2CCOC[C@@H]2[C@@H](O)c2ccccc2)sc2c1c(=O)c(C(=O)NCc1ccc(Cl)cc1)cn2C. The van der Waals surface area contributed by atoms with Crippen molar-refractivity contribution in [2.45, 2.75) is 32.2 Å². The Balaban J connectivity index is 1.40. The third-order valence-electron chi connectivity index (χ3n) is 7.09. The number of pyridine rings is 1. The van der Waals surface area contributed by atoms with Crippen LogP contribution in [0.4, 0.5) is 0 Å². The van der Waals surface area contributed by atoms with E-state index in [-0.39, 0.29) is 17.0 Å². The molecule has 0 radical (unpaired) electrons. The number of rotatable bonds is 7. The molecule has 1 fully saturated rings. The van der Waals surface area contributed by atoms with Crippen molar-refractivity contribution in [3.8, 4) is 0 Å². The molecule has 38 heavy (non-hydrogen) atoms. The van der Waals surface area contributed by atoms with Crippen LogP contribution in [0.15, 0.2) is 65.6 Å². The minimum atomic E-state index is -0.687. The molecule has 0 bridgehead atoms. The first kappa shape index (κ1) is 26.6. The number of hydrogen-bond acceptors (Lipinski definition) is 6. The van der Waals surface area contributed by atoms with Crippen LogP contribution >= 0.6 is 22.9 Å². The van der Waals surface area contributed by atoms with Gasteiger partial charge in [-0.05, 0) is 35.7 Å². The van der Waals surface area contributed by atoms with Crippen LogP contribution in [0.2, 0.25) is 5.02 Å². The molecule has 0 spiro atoms. The van der Waals surface area contributed by atoms with Gasteiger partial charge in [0.1, 0.15) is 10.4 Å². The highest BCUT2D eigenvalue weighted by Crippen LogP contribution is 2.32. The molecule has 3 heterocycles. The highest BCUT2D eigenvalue weighted by atomic mass is 35.5. The zero-order chi connectivity index (χ0) is 26.8. The lowest BCUT2D eigenvalue weighted by atomic mass is 10.00. The summed E-state index contributed by atoms with van der Waals surface area (Å²) in [7, 11) is 1.86. The number of aliphatic hydroxyl groups is 1. The number of hydrogen-bond donors (Lipinski definition) is 2. The van der Waals surface area contributed by atoms with E-state index in [1.165, 1.54) is 0 Å². The molecule has 2 atom stereocenters. The number of carbonyl (C=O) groups excluding carboxylic acids is 1. The van der Waals surface area contributed by atoms with Crippen molar-refractivity contribution in [3.05, 3.63) is 103 Å². The Morgan fingerprint density at radius 2 is 1.95 bits per heavy atom. The summed E-state index contributed by atoms with van der Waals surface area (Å²) < 4.78 is 7.57. The van der Waals surface area contributed by atoms with E-state index in [4.69, 9.17) is 16.3 Å². The summed E-state index contributed by atoms with van der Waals surface area (Å²) >= 11 is 7.50. The molecule has 9 heteroatoms. The Hall–Kier alpha value is -3.01. The average Bonchev–Trinajstić information content (AvgIpc) is 3.27. The third-order valence-corrected chi connectivity index (χ3v) is 8.70. The minimum absolute atomic E-state index is 0.116. The molecule has 7 nitrogen and oxygen atoms in total. The van der Waals surface area contributed by atoms with Crippen LogP contribution in [0, 0.1) is 6.92 Å². The van der Waals surface area contributed by atoms with Crippen LogP contribution in [-0.2, 0) is 24.9 Å². The Kier molecular flexibility index (Phi) is 7.97. The van der Waals surface area contributed by atoms with Gasteiger partial charge in [-0.2, -0.15) is 0 Å². The second-order valence-electron chi connectivity index (χ2n) is 9.59. The van der Waals surface area contributed by atoms with Gasteiger partial charge in [0.2, 0.25) is 5.43 Å². The van der Waals surface area contributed by atoms with Gasteiger partial charge in [0, 0.05) is 42.8 Å². The van der Waals surface area contributed by atoms with Gasteiger partial charge in [0.05, 0.1) is 30.7 Å². The number of thiophene rings is 1. The zero-order valence-electron chi connectivity index (χ0n) is 21.3. The maximum Gasteiger partial charge on any atom is 0.257 e. The highest BCUT2D eigenvalue weighted by Gasteiger charge is 2.31. The molecule has 2 N–H and O–H groups in total. The molecular formula is C29H30ClN3O4S. The number of nitrogens with one attached hydrogen (secondary N) is 1. The van der Waals surface area contributed by atoms with Crippen molar-refractivity contribution < 1.29 is 14.6 Å². The average molecular weight is 552 g/mol. The van der Waals surface area contributed by atoms with Gasteiger partial charge in [0.25, 0.3) is 5.91 Å². The number of carbonyl (C=O) groups is 1. The van der Waals surface area contributed by atoms with Crippen LogP contribution in [0.25, 0.3) is 10.2 Å². The van der Waals surface area contributed by atoms with Crippen LogP contribution in [0.5, 0.6) is 0 Å². The van der Waals surface area contributed by atoms with Gasteiger partial charge in [-0.1, -0.05) is 54.1 Å². The third kappa shape index (κ3) is 5.41. The highest BCUT2D eigenvalue weighted by molar-refractivity contribution is 7.18. The summed E-state index contributed by atoms with van der Waals surface area (Å²) in [5.74, 6) is -0.408. The fourth-order valence-electron chi connectivity index (χ4n) is 4.90. The number of morpholine rings is 1. The monoisotopic (exact) mass is 551 g/mol. The second kappa shape index (κ2) is 11.4. The first-order chi connectivity index (χ1) is 18.3. The quantitative estimate of drug-likeness (QED) is 0.355. The largest absolute Gasteiger partial charge is 0.387 e. The summed E-state index contributed by atoms with van der Waals surface area (Å²) in [5.41, 5.74) is 2.47.